The van der Waals surface area contributed by atoms with E-state index in [1.807, 2.05) is 7.05 Å². The number of aromatic carboxylic acids is 1. The van der Waals surface area contributed by atoms with Gasteiger partial charge in [-0.25, -0.2) is 14.3 Å². The number of likely N-dealkylation sites (tertiary alicyclic amines) is 1. The predicted octanol–water partition coefficient (Wildman–Crippen LogP) is 1.19. The number of pyridine rings is 1. The van der Waals surface area contributed by atoms with E-state index in [0.717, 1.165) is 19.4 Å². The predicted molar refractivity (Wildman–Crippen MR) is 64.6 cm³/mol. The third-order valence-electron chi connectivity index (χ3n) is 3.41. The Hall–Kier alpha value is -1.95. The molecular weight excluding hydrogens is 232 g/mol. The van der Waals surface area contributed by atoms with Crippen molar-refractivity contribution in [3.05, 3.63) is 29.7 Å². The van der Waals surface area contributed by atoms with Crippen molar-refractivity contribution in [3.8, 4) is 0 Å². The first kappa shape index (κ1) is 11.2. The van der Waals surface area contributed by atoms with Gasteiger partial charge in [0.25, 0.3) is 0 Å². The minimum absolute atomic E-state index is 0.145. The zero-order valence-electron chi connectivity index (χ0n) is 10.1. The molecule has 1 aliphatic rings. The minimum atomic E-state index is -0.989. The maximum Gasteiger partial charge on any atom is 0.354 e. The van der Waals surface area contributed by atoms with Crippen molar-refractivity contribution >= 4 is 11.6 Å². The van der Waals surface area contributed by atoms with Crippen molar-refractivity contribution in [1.29, 1.82) is 0 Å². The lowest BCUT2D eigenvalue weighted by atomic mass is 10.2. The molecule has 1 saturated heterocycles. The number of fused-ring (bicyclic) bond motifs is 1. The highest BCUT2D eigenvalue weighted by Crippen LogP contribution is 2.28. The molecule has 3 heterocycles. The largest absolute Gasteiger partial charge is 0.477 e. The molecule has 0 bridgehead atoms. The lowest BCUT2D eigenvalue weighted by Crippen LogP contribution is -2.18. The second-order valence-corrected chi connectivity index (χ2v) is 4.59. The van der Waals surface area contributed by atoms with Gasteiger partial charge in [-0.05, 0) is 38.6 Å². The highest BCUT2D eigenvalue weighted by Gasteiger charge is 2.26. The molecule has 0 amide bonds. The molecule has 2 aromatic rings. The number of hydrogen-bond acceptors (Lipinski definition) is 4. The van der Waals surface area contributed by atoms with Crippen LogP contribution in [0.1, 0.15) is 35.2 Å². The van der Waals surface area contributed by atoms with Crippen LogP contribution in [0.3, 0.4) is 0 Å². The van der Waals surface area contributed by atoms with Crippen molar-refractivity contribution in [2.75, 3.05) is 13.6 Å². The fraction of sp³-hybridized carbons (Fsp3) is 0.417. The second-order valence-electron chi connectivity index (χ2n) is 4.59. The number of carbonyl (C=O) groups is 1. The third-order valence-corrected chi connectivity index (χ3v) is 3.41. The van der Waals surface area contributed by atoms with Crippen LogP contribution in [0.15, 0.2) is 18.2 Å². The molecule has 0 radical (unpaired) electrons. The van der Waals surface area contributed by atoms with Crippen LogP contribution >= 0.6 is 0 Å². The summed E-state index contributed by atoms with van der Waals surface area (Å²) in [5.41, 5.74) is 0.733. The maximum absolute atomic E-state index is 11.1. The number of nitrogens with zero attached hydrogens (tertiary/aromatic N) is 4. The first-order valence-electron chi connectivity index (χ1n) is 5.96. The molecule has 1 fully saturated rings. The second kappa shape index (κ2) is 4.06. The van der Waals surface area contributed by atoms with E-state index in [4.69, 9.17) is 5.11 Å². The first-order valence-corrected chi connectivity index (χ1v) is 5.96. The van der Waals surface area contributed by atoms with Crippen molar-refractivity contribution < 1.29 is 9.90 Å². The molecule has 1 N–H and O–H groups in total. The van der Waals surface area contributed by atoms with E-state index in [-0.39, 0.29) is 11.7 Å². The Labute approximate surface area is 104 Å². The summed E-state index contributed by atoms with van der Waals surface area (Å²) in [5, 5.41) is 13.5. The highest BCUT2D eigenvalue weighted by atomic mass is 16.4. The first-order chi connectivity index (χ1) is 8.66. The van der Waals surface area contributed by atoms with Gasteiger partial charge in [0.1, 0.15) is 0 Å². The fourth-order valence-electron chi connectivity index (χ4n) is 2.46. The Morgan fingerprint density at radius 3 is 3.00 bits per heavy atom. The summed E-state index contributed by atoms with van der Waals surface area (Å²) >= 11 is 0. The van der Waals surface area contributed by atoms with Crippen LogP contribution < -0.4 is 0 Å². The molecule has 1 aliphatic heterocycles. The zero-order chi connectivity index (χ0) is 12.7. The normalized spacial score (nSPS) is 20.6. The van der Waals surface area contributed by atoms with Crippen LogP contribution in [0, 0.1) is 0 Å². The van der Waals surface area contributed by atoms with E-state index in [9.17, 15) is 4.79 Å². The number of hydrogen-bond donors (Lipinski definition) is 1. The van der Waals surface area contributed by atoms with Crippen molar-refractivity contribution in [2.24, 2.45) is 0 Å². The summed E-state index contributed by atoms with van der Waals surface area (Å²) in [7, 11) is 2.04. The van der Waals surface area contributed by atoms with Gasteiger partial charge in [0.05, 0.1) is 6.04 Å². The zero-order valence-corrected chi connectivity index (χ0v) is 10.1. The summed E-state index contributed by atoms with van der Waals surface area (Å²) in [4.78, 5) is 17.7. The van der Waals surface area contributed by atoms with E-state index < -0.39 is 5.97 Å². The Bertz CT molecular complexity index is 607. The molecule has 94 valence electrons. The van der Waals surface area contributed by atoms with Gasteiger partial charge in [-0.1, -0.05) is 6.07 Å². The monoisotopic (exact) mass is 246 g/mol. The van der Waals surface area contributed by atoms with E-state index in [2.05, 4.69) is 15.0 Å². The lowest BCUT2D eigenvalue weighted by molar-refractivity contribution is 0.0687. The van der Waals surface area contributed by atoms with E-state index in [1.165, 1.54) is 10.6 Å². The summed E-state index contributed by atoms with van der Waals surface area (Å²) in [5.74, 6) is -0.277. The van der Waals surface area contributed by atoms with Gasteiger partial charge in [0.15, 0.2) is 17.2 Å². The van der Waals surface area contributed by atoms with Gasteiger partial charge in [0.2, 0.25) is 0 Å². The average Bonchev–Trinajstić information content (AvgIpc) is 2.92. The molecule has 1 unspecified atom stereocenters. The van der Waals surface area contributed by atoms with Crippen LogP contribution in [0.2, 0.25) is 0 Å². The van der Waals surface area contributed by atoms with Crippen LogP contribution in [0.25, 0.3) is 5.65 Å². The average molecular weight is 246 g/mol. The van der Waals surface area contributed by atoms with E-state index in [0.29, 0.717) is 11.5 Å². The standard InChI is InChI=1S/C12H14N4O2/c1-15-7-3-5-8(15)11-13-10-6-2-4-9(12(17)18)16(10)14-11/h2,4,6,8H,3,5,7H2,1H3,(H,17,18). The van der Waals surface area contributed by atoms with Gasteiger partial charge in [-0.3, -0.25) is 4.90 Å². The minimum Gasteiger partial charge on any atom is -0.477 e. The summed E-state index contributed by atoms with van der Waals surface area (Å²) in [6, 6.07) is 5.20. The molecule has 0 aromatic carbocycles. The molecule has 0 saturated carbocycles. The van der Waals surface area contributed by atoms with Gasteiger partial charge in [-0.15, -0.1) is 5.10 Å². The van der Waals surface area contributed by atoms with Crippen LogP contribution in [-0.2, 0) is 0 Å². The van der Waals surface area contributed by atoms with Crippen LogP contribution in [0.5, 0.6) is 0 Å². The SMILES string of the molecule is CN1CCCC1c1nc2cccc(C(=O)O)n2n1. The van der Waals surface area contributed by atoms with E-state index in [1.54, 1.807) is 12.1 Å². The summed E-state index contributed by atoms with van der Waals surface area (Å²) in [6.07, 6.45) is 2.15. The Kier molecular flexibility index (Phi) is 2.52. The number of aromatic nitrogens is 3. The molecule has 0 aliphatic carbocycles. The van der Waals surface area contributed by atoms with Gasteiger partial charge < -0.3 is 5.11 Å². The van der Waals surface area contributed by atoms with Crippen LogP contribution in [-0.4, -0.2) is 44.2 Å². The topological polar surface area (TPSA) is 70.7 Å². The van der Waals surface area contributed by atoms with E-state index >= 15 is 0 Å². The molecule has 3 rings (SSSR count). The van der Waals surface area contributed by atoms with Crippen molar-refractivity contribution in [3.63, 3.8) is 0 Å². The van der Waals surface area contributed by atoms with Gasteiger partial charge >= 0.3 is 5.97 Å². The molecule has 2 aromatic heterocycles. The number of carboxylic acids is 1. The van der Waals surface area contributed by atoms with Gasteiger partial charge in [0, 0.05) is 0 Å². The molecule has 18 heavy (non-hydrogen) atoms. The quantitative estimate of drug-likeness (QED) is 0.862. The number of rotatable bonds is 2. The molecule has 1 atom stereocenters. The highest BCUT2D eigenvalue weighted by molar-refractivity contribution is 5.86. The Balaban J connectivity index is 2.11. The Morgan fingerprint density at radius 2 is 2.33 bits per heavy atom. The summed E-state index contributed by atoms with van der Waals surface area (Å²) < 4.78 is 1.41. The molecular formula is C12H14N4O2. The summed E-state index contributed by atoms with van der Waals surface area (Å²) in [6.45, 7) is 1.03. The molecule has 0 spiro atoms. The lowest BCUT2D eigenvalue weighted by Gasteiger charge is -2.15. The Morgan fingerprint density at radius 1 is 1.50 bits per heavy atom. The van der Waals surface area contributed by atoms with Crippen molar-refractivity contribution in [2.45, 2.75) is 18.9 Å². The molecule has 6 nitrogen and oxygen atoms in total. The van der Waals surface area contributed by atoms with Crippen LogP contribution in [0.4, 0.5) is 0 Å². The third kappa shape index (κ3) is 1.65. The fourth-order valence-corrected chi connectivity index (χ4v) is 2.46. The smallest absolute Gasteiger partial charge is 0.354 e. The molecule has 6 heteroatoms. The number of carboxylic acid groups (broad SMARTS) is 1. The van der Waals surface area contributed by atoms with Gasteiger partial charge in [-0.2, -0.15) is 0 Å². The maximum atomic E-state index is 11.1. The van der Waals surface area contributed by atoms with Crippen molar-refractivity contribution in [1.82, 2.24) is 19.5 Å².